The van der Waals surface area contributed by atoms with Crippen LogP contribution in [0.25, 0.3) is 11.1 Å². The van der Waals surface area contributed by atoms with Crippen LogP contribution >= 0.6 is 0 Å². The fourth-order valence-electron chi connectivity index (χ4n) is 4.19. The summed E-state index contributed by atoms with van der Waals surface area (Å²) in [7, 11) is -3.67. The lowest BCUT2D eigenvalue weighted by atomic mass is 9.87. The number of carboxylic acid groups (broad SMARTS) is 1. The van der Waals surface area contributed by atoms with Gasteiger partial charge in [-0.25, -0.2) is 4.79 Å². The number of nitrogens with one attached hydrogen (secondary N) is 3. The number of nitrogens with two attached hydrogens (primary N) is 1. The Labute approximate surface area is 243 Å². The normalized spacial score (nSPS) is 15.6. The van der Waals surface area contributed by atoms with Crippen LogP contribution in [-0.4, -0.2) is 67.2 Å². The molecule has 12 nitrogen and oxygen atoms in total. The zero-order valence-electron chi connectivity index (χ0n) is 23.2. The molecule has 0 unspecified atom stereocenters. The maximum absolute atomic E-state index is 13.1. The molecule has 1 aliphatic rings. The lowest BCUT2D eigenvalue weighted by Gasteiger charge is -2.25. The quantitative estimate of drug-likeness (QED) is 0.134. The molecule has 1 atom stereocenters. The monoisotopic (exact) mass is 596 g/mol. The minimum absolute atomic E-state index is 0.0816. The highest BCUT2D eigenvalue weighted by Gasteiger charge is 2.37. The van der Waals surface area contributed by atoms with E-state index in [4.69, 9.17) is 20.4 Å². The van der Waals surface area contributed by atoms with E-state index < -0.39 is 27.9 Å². The van der Waals surface area contributed by atoms with E-state index in [9.17, 15) is 27.9 Å². The minimum Gasteiger partial charge on any atom is -0.478 e. The van der Waals surface area contributed by atoms with Gasteiger partial charge < -0.3 is 26.2 Å². The molecule has 1 aliphatic heterocycles. The van der Waals surface area contributed by atoms with Crippen LogP contribution in [0.3, 0.4) is 0 Å². The van der Waals surface area contributed by atoms with Gasteiger partial charge in [-0.15, -0.1) is 0 Å². The fourth-order valence-corrected chi connectivity index (χ4v) is 4.19. The van der Waals surface area contributed by atoms with Crippen molar-refractivity contribution in [3.63, 3.8) is 0 Å². The molecule has 1 saturated heterocycles. The number of carbonyl (C=O) groups excluding carboxylic acids is 2. The Morgan fingerprint density at radius 1 is 0.952 bits per heavy atom. The van der Waals surface area contributed by atoms with Gasteiger partial charge in [0.25, 0.3) is 21.9 Å². The number of hydrogen-bond acceptors (Lipinski definition) is 7. The number of carboxylic acids is 1. The number of anilines is 1. The number of ether oxygens (including phenoxy) is 1. The number of amides is 2. The van der Waals surface area contributed by atoms with Crippen LogP contribution in [0.2, 0.25) is 0 Å². The molecule has 0 bridgehead atoms. The van der Waals surface area contributed by atoms with Gasteiger partial charge in [0, 0.05) is 27.8 Å². The Hall–Kier alpha value is -4.59. The molecule has 1 heterocycles. The average Bonchev–Trinajstić information content (AvgIpc) is 3.24. The van der Waals surface area contributed by atoms with E-state index in [1.165, 1.54) is 6.07 Å². The van der Waals surface area contributed by atoms with Crippen molar-refractivity contribution in [2.75, 3.05) is 24.8 Å². The van der Waals surface area contributed by atoms with E-state index in [1.54, 1.807) is 60.7 Å². The van der Waals surface area contributed by atoms with Crippen molar-refractivity contribution in [1.82, 2.24) is 5.32 Å². The van der Waals surface area contributed by atoms with Crippen LogP contribution in [0.5, 0.6) is 0 Å². The second kappa shape index (κ2) is 12.9. The molecule has 3 aromatic carbocycles. The molecule has 0 radical (unpaired) electrons. The Kier molecular flexibility index (Phi) is 9.83. The highest BCUT2D eigenvalue weighted by atomic mass is 32.2. The first-order chi connectivity index (χ1) is 19.6. The third kappa shape index (κ3) is 8.46. The van der Waals surface area contributed by atoms with Crippen molar-refractivity contribution < 1.29 is 37.2 Å². The topological polar surface area (TPSA) is 209 Å². The molecule has 0 aliphatic carbocycles. The van der Waals surface area contributed by atoms with Gasteiger partial charge >= 0.3 is 5.97 Å². The first-order valence-corrected chi connectivity index (χ1v) is 14.5. The van der Waals surface area contributed by atoms with E-state index in [0.29, 0.717) is 41.8 Å². The van der Waals surface area contributed by atoms with Gasteiger partial charge in [-0.1, -0.05) is 38.1 Å². The lowest BCUT2D eigenvalue weighted by molar-refractivity contribution is 0.0697. The molecule has 7 N–H and O–H groups in total. The fraction of sp³-hybridized carbons (Fsp3) is 0.241. The Bertz CT molecular complexity index is 1610. The number of benzene rings is 3. The summed E-state index contributed by atoms with van der Waals surface area (Å²) in [4.78, 5) is 38.2. The molecule has 0 spiro atoms. The van der Waals surface area contributed by atoms with Crippen LogP contribution in [0.15, 0.2) is 66.7 Å². The SMILES string of the molecule is CC1(C)COC[C@H]1NC(=O)c1ccc(-c2ccccc2C(=O)Nc2ccc(C(=N)N)cc2)c(C(=O)O)c1.CS(=O)(=O)O. The second-order valence-electron chi connectivity index (χ2n) is 10.3. The molecule has 3 aromatic rings. The minimum atomic E-state index is -3.67. The first-order valence-electron chi connectivity index (χ1n) is 12.6. The summed E-state index contributed by atoms with van der Waals surface area (Å²) in [6, 6.07) is 17.4. The Morgan fingerprint density at radius 3 is 2.07 bits per heavy atom. The van der Waals surface area contributed by atoms with E-state index in [2.05, 4.69) is 10.6 Å². The zero-order valence-corrected chi connectivity index (χ0v) is 24.0. The maximum atomic E-state index is 13.1. The number of aromatic carboxylic acids is 1. The van der Waals surface area contributed by atoms with Gasteiger partial charge in [0.15, 0.2) is 0 Å². The highest BCUT2D eigenvalue weighted by molar-refractivity contribution is 7.85. The van der Waals surface area contributed by atoms with Gasteiger partial charge in [0.1, 0.15) is 5.84 Å². The lowest BCUT2D eigenvalue weighted by Crippen LogP contribution is -2.44. The van der Waals surface area contributed by atoms with Crippen LogP contribution in [0.4, 0.5) is 5.69 Å². The van der Waals surface area contributed by atoms with Crippen molar-refractivity contribution >= 4 is 39.4 Å². The van der Waals surface area contributed by atoms with Crippen LogP contribution in [0.1, 0.15) is 50.5 Å². The standard InChI is InChI=1S/C28H28N4O5.CH4O3S/c1-28(2)15-37-14-23(28)32-25(33)17-9-12-20(22(13-17)27(35)36)19-5-3-4-6-21(19)26(34)31-18-10-7-16(8-11-18)24(29)30;1-5(2,3)4/h3-13,23H,14-15H2,1-2H3,(H3,29,30)(H,31,34)(H,32,33)(H,35,36);1H3,(H,2,3,4)/t23-;/m1./s1. The third-order valence-electron chi connectivity index (χ3n) is 6.44. The van der Waals surface area contributed by atoms with E-state index in [-0.39, 0.29) is 34.0 Å². The average molecular weight is 597 g/mol. The second-order valence-corrected chi connectivity index (χ2v) is 11.8. The number of carbonyl (C=O) groups is 3. The van der Waals surface area contributed by atoms with E-state index in [0.717, 1.165) is 0 Å². The Morgan fingerprint density at radius 2 is 1.52 bits per heavy atom. The smallest absolute Gasteiger partial charge is 0.336 e. The molecule has 4 rings (SSSR count). The van der Waals surface area contributed by atoms with Gasteiger partial charge in [0.05, 0.1) is 31.1 Å². The molecule has 0 aromatic heterocycles. The maximum Gasteiger partial charge on any atom is 0.336 e. The highest BCUT2D eigenvalue weighted by Crippen LogP contribution is 2.30. The predicted molar refractivity (Wildman–Crippen MR) is 158 cm³/mol. The number of nitrogen functional groups attached to an aromatic ring is 1. The van der Waals surface area contributed by atoms with Crippen molar-refractivity contribution in [2.24, 2.45) is 11.1 Å². The van der Waals surface area contributed by atoms with E-state index in [1.807, 2.05) is 13.8 Å². The molecular weight excluding hydrogens is 564 g/mol. The van der Waals surface area contributed by atoms with Gasteiger partial charge in [0.2, 0.25) is 0 Å². The number of hydrogen-bond donors (Lipinski definition) is 6. The van der Waals surface area contributed by atoms with Gasteiger partial charge in [-0.3, -0.25) is 19.6 Å². The summed E-state index contributed by atoms with van der Waals surface area (Å²) in [5.74, 6) is -2.13. The summed E-state index contributed by atoms with van der Waals surface area (Å²) in [6.45, 7) is 4.91. The summed E-state index contributed by atoms with van der Waals surface area (Å²) in [6.07, 6.45) is 0.715. The van der Waals surface area contributed by atoms with Gasteiger partial charge in [-0.2, -0.15) is 8.42 Å². The molecular formula is C29H32N4O8S. The third-order valence-corrected chi connectivity index (χ3v) is 6.44. The predicted octanol–water partition coefficient (Wildman–Crippen LogP) is 3.25. The summed E-state index contributed by atoms with van der Waals surface area (Å²) < 4.78 is 31.3. The van der Waals surface area contributed by atoms with Gasteiger partial charge in [-0.05, 0) is 53.6 Å². The molecule has 42 heavy (non-hydrogen) atoms. The summed E-state index contributed by atoms with van der Waals surface area (Å²) in [5.41, 5.74) is 7.36. The number of rotatable bonds is 7. The number of amidine groups is 1. The first kappa shape index (κ1) is 31.9. The Balaban J connectivity index is 0.000000892. The van der Waals surface area contributed by atoms with Crippen molar-refractivity contribution in [2.45, 2.75) is 19.9 Å². The molecule has 1 fully saturated rings. The van der Waals surface area contributed by atoms with E-state index >= 15 is 0 Å². The van der Waals surface area contributed by atoms with Crippen molar-refractivity contribution in [3.8, 4) is 11.1 Å². The summed E-state index contributed by atoms with van der Waals surface area (Å²) in [5, 5.41) is 23.2. The summed E-state index contributed by atoms with van der Waals surface area (Å²) >= 11 is 0. The van der Waals surface area contributed by atoms with Crippen LogP contribution in [0, 0.1) is 10.8 Å². The zero-order chi connectivity index (χ0) is 31.2. The molecule has 0 saturated carbocycles. The molecule has 222 valence electrons. The largest absolute Gasteiger partial charge is 0.478 e. The van der Waals surface area contributed by atoms with Crippen LogP contribution < -0.4 is 16.4 Å². The van der Waals surface area contributed by atoms with Crippen molar-refractivity contribution in [3.05, 3.63) is 89.0 Å². The van der Waals surface area contributed by atoms with Crippen molar-refractivity contribution in [1.29, 1.82) is 5.41 Å². The molecule has 13 heteroatoms. The molecule has 2 amide bonds. The van der Waals surface area contributed by atoms with Crippen LogP contribution in [-0.2, 0) is 14.9 Å².